The molecule has 5 rings (SSSR count). The van der Waals surface area contributed by atoms with Gasteiger partial charge in [-0.15, -0.1) is 0 Å². The van der Waals surface area contributed by atoms with Crippen LogP contribution in [-0.2, 0) is 66.9 Å². The third kappa shape index (κ3) is 17.0. The minimum Gasteiger partial charge on any atom is -0.497 e. The monoisotopic (exact) mass is 1020 g/mol. The zero-order valence-electron chi connectivity index (χ0n) is 45.8. The zero-order valence-corrected chi connectivity index (χ0v) is 47.8. The van der Waals surface area contributed by atoms with E-state index in [9.17, 15) is 0 Å². The Hall–Kier alpha value is -2.97. The Morgan fingerprint density at radius 1 is 0.676 bits per heavy atom. The molecule has 0 amide bonds. The van der Waals surface area contributed by atoms with Gasteiger partial charge in [0.25, 0.3) is 0 Å². The minimum absolute atomic E-state index is 0.0416. The predicted molar refractivity (Wildman–Crippen MR) is 286 cm³/mol. The summed E-state index contributed by atoms with van der Waals surface area (Å²) in [6, 6.07) is 27.4. The van der Waals surface area contributed by atoms with Crippen LogP contribution in [0.4, 0.5) is 0 Å². The van der Waals surface area contributed by atoms with Crippen LogP contribution in [0, 0.1) is 17.3 Å². The van der Waals surface area contributed by atoms with Gasteiger partial charge in [-0.1, -0.05) is 121 Å². The molecule has 0 aromatic heterocycles. The van der Waals surface area contributed by atoms with Crippen LogP contribution in [0.15, 0.2) is 90.5 Å². The number of benzene rings is 3. The van der Waals surface area contributed by atoms with E-state index >= 15 is 0 Å². The number of allylic oxidation sites excluding steroid dienone is 1. The Kier molecular flexibility index (Phi) is 22.8. The van der Waals surface area contributed by atoms with Crippen LogP contribution in [0.2, 0.25) is 43.8 Å². The molecule has 1 saturated carbocycles. The van der Waals surface area contributed by atoms with Gasteiger partial charge < -0.3 is 56.5 Å². The summed E-state index contributed by atoms with van der Waals surface area (Å²) < 4.78 is 79.4. The lowest BCUT2D eigenvalue weighted by Crippen LogP contribution is -2.62. The molecule has 12 nitrogen and oxygen atoms in total. The first-order valence-electron chi connectivity index (χ1n) is 25.7. The van der Waals surface area contributed by atoms with Gasteiger partial charge in [-0.2, -0.15) is 0 Å². The second-order valence-corrected chi connectivity index (χ2v) is 33.0. The molecule has 0 spiro atoms. The summed E-state index contributed by atoms with van der Waals surface area (Å²) in [6.45, 7) is 26.1. The van der Waals surface area contributed by atoms with Gasteiger partial charge in [0.15, 0.2) is 8.32 Å². The summed E-state index contributed by atoms with van der Waals surface area (Å²) in [4.78, 5) is 0. The quantitative estimate of drug-likeness (QED) is 0.0274. The maximum absolute atomic E-state index is 7.81. The smallest absolute Gasteiger partial charge is 0.192 e. The average molecular weight is 1020 g/mol. The highest BCUT2D eigenvalue weighted by Gasteiger charge is 2.57. The van der Waals surface area contributed by atoms with Crippen LogP contribution in [0.1, 0.15) is 70.6 Å². The van der Waals surface area contributed by atoms with E-state index in [4.69, 9.17) is 56.5 Å². The SMILES string of the molecule is COCCOCO[C@H]1C[C@@H]([C@@](COCc2ccc(OC)cc2)(OCc2ccccc2)[C@@H](CO[Si](C)(C)C(C)(C)C)OCc2ccc(OC)cc2)[C@H](OCC[Si](C)(C)C)C=C2CCC([C@H]1OCOC)C2(C)C. The van der Waals surface area contributed by atoms with Crippen molar-refractivity contribution in [2.75, 3.05) is 75.1 Å². The van der Waals surface area contributed by atoms with Crippen molar-refractivity contribution in [1.29, 1.82) is 0 Å². The van der Waals surface area contributed by atoms with Crippen LogP contribution >= 0.6 is 0 Å². The number of rotatable bonds is 30. The standard InChI is InChI=1S/C57H90O12Si2/c1-55(2,3)71(13,14)69-39-53(65-37-45-22-27-48(61-9)28-23-45)57(68-38-43-18-16-15-17-19-43,40-63-36-44-20-25-47(60-8)26-21-44)50-35-52(66-42-62-31-30-58-6)54(67-41-59-7)49-29-24-46(56(49,4)5)34-51(50)64-32-33-70(10,11)12/h15-23,25-28,34,49-54H,24,29-33,35-42H2,1-14H3/t49?,50-,51-,52+,53-,54-,57-/m1/s1. The number of methoxy groups -OCH3 is 4. The van der Waals surface area contributed by atoms with E-state index in [1.807, 2.05) is 54.6 Å². The topological polar surface area (TPSA) is 111 Å². The Bertz CT molecular complexity index is 2000. The van der Waals surface area contributed by atoms with Gasteiger partial charge in [-0.25, -0.2) is 0 Å². The third-order valence-corrected chi connectivity index (χ3v) is 21.3. The van der Waals surface area contributed by atoms with Crippen molar-refractivity contribution >= 4 is 16.4 Å². The fourth-order valence-electron chi connectivity index (χ4n) is 9.48. The Balaban J connectivity index is 1.81. The highest BCUT2D eigenvalue weighted by molar-refractivity contribution is 6.76. The average Bonchev–Trinajstić information content (AvgIpc) is 3.64. The Labute approximate surface area is 429 Å². The molecule has 398 valence electrons. The number of hydrogen-bond acceptors (Lipinski definition) is 12. The van der Waals surface area contributed by atoms with Crippen molar-refractivity contribution in [3.8, 4) is 11.5 Å². The van der Waals surface area contributed by atoms with Gasteiger partial charge >= 0.3 is 0 Å². The van der Waals surface area contributed by atoms with E-state index in [1.54, 1.807) is 28.4 Å². The minimum atomic E-state index is -2.41. The second-order valence-electron chi connectivity index (χ2n) is 22.6. The lowest BCUT2D eigenvalue weighted by atomic mass is 9.73. The molecule has 0 N–H and O–H groups in total. The molecule has 3 aromatic rings. The summed E-state index contributed by atoms with van der Waals surface area (Å²) in [5.74, 6) is 1.20. The number of ether oxygens (including phenoxy) is 11. The highest BCUT2D eigenvalue weighted by atomic mass is 28.4. The molecular weight excluding hydrogens is 933 g/mol. The first-order valence-corrected chi connectivity index (χ1v) is 32.3. The van der Waals surface area contributed by atoms with Crippen molar-refractivity contribution in [1.82, 2.24) is 0 Å². The van der Waals surface area contributed by atoms with E-state index in [-0.39, 0.29) is 62.5 Å². The van der Waals surface area contributed by atoms with Crippen LogP contribution in [0.3, 0.4) is 0 Å². The molecule has 1 fully saturated rings. The summed E-state index contributed by atoms with van der Waals surface area (Å²) >= 11 is 0. The van der Waals surface area contributed by atoms with Gasteiger partial charge in [-0.05, 0) is 95.7 Å². The van der Waals surface area contributed by atoms with E-state index in [0.717, 1.165) is 47.1 Å². The van der Waals surface area contributed by atoms with E-state index in [0.29, 0.717) is 32.8 Å². The van der Waals surface area contributed by atoms with Crippen molar-refractivity contribution in [2.45, 2.75) is 148 Å². The van der Waals surface area contributed by atoms with Gasteiger partial charge in [0.2, 0.25) is 0 Å². The molecule has 2 aliphatic rings. The van der Waals surface area contributed by atoms with Crippen molar-refractivity contribution < 1.29 is 56.5 Å². The van der Waals surface area contributed by atoms with Crippen molar-refractivity contribution in [3.63, 3.8) is 0 Å². The molecule has 0 radical (unpaired) electrons. The normalized spacial score (nSPS) is 21.9. The molecule has 71 heavy (non-hydrogen) atoms. The molecule has 2 bridgehead atoms. The fraction of sp³-hybridized carbons (Fsp3) is 0.649. The highest BCUT2D eigenvalue weighted by Crippen LogP contribution is 2.53. The third-order valence-electron chi connectivity index (χ3n) is 15.1. The van der Waals surface area contributed by atoms with Gasteiger partial charge in [-0.3, -0.25) is 0 Å². The lowest BCUT2D eigenvalue weighted by Gasteiger charge is -2.50. The molecule has 3 aromatic carbocycles. The Morgan fingerprint density at radius 3 is 1.90 bits per heavy atom. The van der Waals surface area contributed by atoms with E-state index < -0.39 is 46.2 Å². The van der Waals surface area contributed by atoms with Crippen LogP contribution in [-0.4, -0.2) is 121 Å². The summed E-state index contributed by atoms with van der Waals surface area (Å²) in [7, 11) is 2.74. The van der Waals surface area contributed by atoms with Crippen LogP contribution in [0.25, 0.3) is 0 Å². The molecule has 7 atom stereocenters. The Morgan fingerprint density at radius 2 is 1.31 bits per heavy atom. The molecule has 0 saturated heterocycles. The van der Waals surface area contributed by atoms with Gasteiger partial charge in [0.1, 0.15) is 36.8 Å². The van der Waals surface area contributed by atoms with E-state index in [2.05, 4.69) is 97.7 Å². The van der Waals surface area contributed by atoms with E-state index in [1.165, 1.54) is 5.57 Å². The predicted octanol–water partition coefficient (Wildman–Crippen LogP) is 11.9. The fourth-order valence-corrected chi connectivity index (χ4v) is 11.2. The first-order chi connectivity index (χ1) is 33.8. The zero-order chi connectivity index (χ0) is 51.7. The molecule has 0 heterocycles. The lowest BCUT2D eigenvalue weighted by molar-refractivity contribution is -0.247. The maximum atomic E-state index is 7.81. The summed E-state index contributed by atoms with van der Waals surface area (Å²) in [5.41, 5.74) is 2.83. The van der Waals surface area contributed by atoms with Crippen molar-refractivity contribution in [3.05, 3.63) is 107 Å². The molecule has 2 aliphatic carbocycles. The van der Waals surface area contributed by atoms with Crippen LogP contribution < -0.4 is 9.47 Å². The first kappa shape index (κ1) is 58.9. The second kappa shape index (κ2) is 27.5. The molecule has 14 heteroatoms. The molecule has 1 unspecified atom stereocenters. The van der Waals surface area contributed by atoms with Crippen molar-refractivity contribution in [2.24, 2.45) is 17.3 Å². The molecular formula is C57H90O12Si2. The summed E-state index contributed by atoms with van der Waals surface area (Å²) in [5, 5.41) is -0.0878. The van der Waals surface area contributed by atoms with Gasteiger partial charge in [0, 0.05) is 34.8 Å². The maximum Gasteiger partial charge on any atom is 0.192 e. The largest absolute Gasteiger partial charge is 0.497 e. The summed E-state index contributed by atoms with van der Waals surface area (Å²) in [6.07, 6.45) is 2.67. The number of hydrogen-bond donors (Lipinski definition) is 0. The van der Waals surface area contributed by atoms with Crippen LogP contribution in [0.5, 0.6) is 11.5 Å². The molecule has 0 aliphatic heterocycles. The number of fused-ring (bicyclic) bond motifs is 2. The van der Waals surface area contributed by atoms with Gasteiger partial charge in [0.05, 0.1) is 78.8 Å².